The third-order valence-electron chi connectivity index (χ3n) is 2.44. The number of unbranched alkanes of at least 4 members (excludes halogenated alkanes) is 1. The topological polar surface area (TPSA) is 67.9 Å². The lowest BCUT2D eigenvalue weighted by Crippen LogP contribution is -2.30. The smallest absolute Gasteiger partial charge is 0.136 e. The van der Waals surface area contributed by atoms with Crippen molar-refractivity contribution in [3.05, 3.63) is 17.5 Å². The molecule has 0 aliphatic heterocycles. The van der Waals surface area contributed by atoms with E-state index < -0.39 is 6.49 Å². The van der Waals surface area contributed by atoms with E-state index in [9.17, 15) is 0 Å². The number of aryl methyl sites for hydroxylation is 2. The van der Waals surface area contributed by atoms with Gasteiger partial charge in [-0.05, 0) is 38.1 Å². The van der Waals surface area contributed by atoms with Crippen molar-refractivity contribution in [2.45, 2.75) is 40.3 Å². The lowest BCUT2D eigenvalue weighted by molar-refractivity contribution is 0.579. The van der Waals surface area contributed by atoms with Gasteiger partial charge >= 0.3 is 0 Å². The highest BCUT2D eigenvalue weighted by Gasteiger charge is 2.09. The largest absolute Gasteiger partial charge is 0.279 e. The van der Waals surface area contributed by atoms with Crippen LogP contribution >= 0.6 is 6.49 Å². The predicted molar refractivity (Wildman–Crippen MR) is 76.2 cm³/mol. The van der Waals surface area contributed by atoms with Gasteiger partial charge in [0.05, 0.1) is 12.4 Å². The molecule has 17 heavy (non-hydrogen) atoms. The molecule has 0 bridgehead atoms. The van der Waals surface area contributed by atoms with Crippen LogP contribution < -0.4 is 15.7 Å². The zero-order chi connectivity index (χ0) is 12.9. The fourth-order valence-electron chi connectivity index (χ4n) is 1.48. The number of aromatic nitrogens is 2. The van der Waals surface area contributed by atoms with E-state index in [0.29, 0.717) is 6.67 Å². The predicted octanol–water partition coefficient (Wildman–Crippen LogP) is 1.62. The second kappa shape index (κ2) is 6.61. The first-order valence-corrected chi connectivity index (χ1v) is 8.71. The molecule has 1 atom stereocenters. The summed E-state index contributed by atoms with van der Waals surface area (Å²) in [6, 6.07) is 2.03. The fraction of sp³-hybridized carbons (Fsp3) is 0.700. The Morgan fingerprint density at radius 1 is 1.47 bits per heavy atom. The van der Waals surface area contributed by atoms with Gasteiger partial charge in [0.25, 0.3) is 0 Å². The van der Waals surface area contributed by atoms with Crippen LogP contribution in [0.4, 0.5) is 0 Å². The first-order chi connectivity index (χ1) is 7.94. The maximum absolute atomic E-state index is 6.02. The van der Waals surface area contributed by atoms with Gasteiger partial charge in [0, 0.05) is 12.2 Å². The van der Waals surface area contributed by atoms with Gasteiger partial charge in [-0.15, -0.1) is 0 Å². The fourth-order valence-corrected chi connectivity index (χ4v) is 2.88. The molecule has 1 aromatic rings. The van der Waals surface area contributed by atoms with Crippen LogP contribution in [0.15, 0.2) is 6.07 Å². The van der Waals surface area contributed by atoms with Gasteiger partial charge in [0.15, 0.2) is 0 Å². The van der Waals surface area contributed by atoms with Crippen LogP contribution in [0.25, 0.3) is 0 Å². The number of hydrogen-bond donors (Lipinski definition) is 3. The summed E-state index contributed by atoms with van der Waals surface area (Å²) in [5, 5.41) is 10.7. The lowest BCUT2D eigenvalue weighted by Gasteiger charge is -2.20. The third-order valence-corrected chi connectivity index (χ3v) is 4.51. The zero-order valence-corrected chi connectivity index (χ0v) is 12.4. The van der Waals surface area contributed by atoms with Crippen LogP contribution in [-0.2, 0) is 18.5 Å². The second-order valence-electron chi connectivity index (χ2n) is 4.16. The van der Waals surface area contributed by atoms with Crippen LogP contribution in [0.3, 0.4) is 0 Å². The standard InChI is InChI=1S/C10H22N5PS/c1-4-5-6-12-16(11,17)13-8-15-10(3)7-9(2)14-15/h7H,4-6,8H2,1-3H3,(H4,11,12,13,17). The van der Waals surface area contributed by atoms with Crippen molar-refractivity contribution in [2.24, 2.45) is 5.50 Å². The molecule has 0 aliphatic rings. The summed E-state index contributed by atoms with van der Waals surface area (Å²) < 4.78 is 1.88. The van der Waals surface area contributed by atoms with Crippen LogP contribution in [-0.4, -0.2) is 16.3 Å². The van der Waals surface area contributed by atoms with Crippen molar-refractivity contribution in [1.82, 2.24) is 20.0 Å². The molecule has 0 saturated carbocycles. The van der Waals surface area contributed by atoms with E-state index >= 15 is 0 Å². The van der Waals surface area contributed by atoms with Gasteiger partial charge in [-0.3, -0.25) is 15.3 Å². The number of nitrogens with zero attached hydrogens (tertiary/aromatic N) is 2. The van der Waals surface area contributed by atoms with Crippen LogP contribution in [0, 0.1) is 13.8 Å². The van der Waals surface area contributed by atoms with Crippen molar-refractivity contribution in [3.63, 3.8) is 0 Å². The highest BCUT2D eigenvalue weighted by molar-refractivity contribution is 8.11. The normalized spacial score (nSPS) is 14.8. The molecule has 0 spiro atoms. The molecular formula is C10H22N5PS. The molecule has 1 heterocycles. The van der Waals surface area contributed by atoms with E-state index in [1.54, 1.807) is 0 Å². The first-order valence-electron chi connectivity index (χ1n) is 5.84. The van der Waals surface area contributed by atoms with Crippen LogP contribution in [0.2, 0.25) is 0 Å². The number of rotatable bonds is 7. The molecule has 0 aromatic carbocycles. The average Bonchev–Trinajstić information content (AvgIpc) is 2.55. The molecule has 0 saturated heterocycles. The third kappa shape index (κ3) is 5.27. The van der Waals surface area contributed by atoms with Gasteiger partial charge < -0.3 is 0 Å². The highest BCUT2D eigenvalue weighted by atomic mass is 32.4. The highest BCUT2D eigenvalue weighted by Crippen LogP contribution is 2.24. The number of nitrogens with two attached hydrogens (primary N) is 1. The second-order valence-corrected chi connectivity index (χ2v) is 7.84. The lowest BCUT2D eigenvalue weighted by atomic mass is 10.3. The minimum Gasteiger partial charge on any atom is -0.279 e. The summed E-state index contributed by atoms with van der Waals surface area (Å²) in [4.78, 5) is 0. The Balaban J connectivity index is 2.43. The van der Waals surface area contributed by atoms with E-state index in [2.05, 4.69) is 22.2 Å². The van der Waals surface area contributed by atoms with Crippen molar-refractivity contribution >= 4 is 18.3 Å². The maximum Gasteiger partial charge on any atom is 0.136 e. The van der Waals surface area contributed by atoms with E-state index in [0.717, 1.165) is 30.8 Å². The molecule has 0 amide bonds. The zero-order valence-electron chi connectivity index (χ0n) is 10.7. The summed E-state index contributed by atoms with van der Waals surface area (Å²) >= 11 is 5.33. The maximum atomic E-state index is 6.02. The Morgan fingerprint density at radius 2 is 2.18 bits per heavy atom. The van der Waals surface area contributed by atoms with Crippen molar-refractivity contribution in [2.75, 3.05) is 6.54 Å². The summed E-state index contributed by atoms with van der Waals surface area (Å²) in [5.41, 5.74) is 8.14. The van der Waals surface area contributed by atoms with Crippen molar-refractivity contribution < 1.29 is 0 Å². The number of hydrogen-bond acceptors (Lipinski definition) is 2. The molecule has 4 N–H and O–H groups in total. The Kier molecular flexibility index (Phi) is 5.76. The minimum absolute atomic E-state index is 0.562. The van der Waals surface area contributed by atoms with E-state index in [4.69, 9.17) is 17.3 Å². The van der Waals surface area contributed by atoms with Gasteiger partial charge in [-0.1, -0.05) is 13.3 Å². The minimum atomic E-state index is -2.13. The average molecular weight is 275 g/mol. The summed E-state index contributed by atoms with van der Waals surface area (Å²) in [7, 11) is 0. The molecule has 1 unspecified atom stereocenters. The molecule has 7 heteroatoms. The Bertz CT molecular complexity index is 403. The molecule has 0 radical (unpaired) electrons. The quantitative estimate of drug-likeness (QED) is 0.521. The molecule has 1 aromatic heterocycles. The van der Waals surface area contributed by atoms with E-state index in [1.807, 2.05) is 24.6 Å². The van der Waals surface area contributed by atoms with Gasteiger partial charge in [0.1, 0.15) is 6.49 Å². The van der Waals surface area contributed by atoms with Crippen molar-refractivity contribution in [1.29, 1.82) is 0 Å². The summed E-state index contributed by atoms with van der Waals surface area (Å²) in [6.07, 6.45) is 2.23. The first kappa shape index (κ1) is 14.8. The molecule has 1 rings (SSSR count). The van der Waals surface area contributed by atoms with Crippen LogP contribution in [0.5, 0.6) is 0 Å². The van der Waals surface area contributed by atoms with E-state index in [1.165, 1.54) is 0 Å². The summed E-state index contributed by atoms with van der Waals surface area (Å²) in [6.45, 7) is 5.44. The molecule has 0 aliphatic carbocycles. The van der Waals surface area contributed by atoms with Gasteiger partial charge in [-0.2, -0.15) is 5.10 Å². The van der Waals surface area contributed by atoms with Crippen LogP contribution in [0.1, 0.15) is 31.2 Å². The molecule has 0 fully saturated rings. The SMILES string of the molecule is CCCCNP(N)(=S)NCn1nc(C)cc1C. The van der Waals surface area contributed by atoms with E-state index in [-0.39, 0.29) is 0 Å². The van der Waals surface area contributed by atoms with Gasteiger partial charge in [0.2, 0.25) is 0 Å². The molecular weight excluding hydrogens is 253 g/mol. The molecule has 98 valence electrons. The monoisotopic (exact) mass is 275 g/mol. The number of nitrogens with one attached hydrogen (secondary N) is 2. The Hall–Kier alpha value is -0.260. The van der Waals surface area contributed by atoms with Gasteiger partial charge in [-0.25, -0.2) is 5.09 Å². The Labute approximate surface area is 108 Å². The Morgan fingerprint density at radius 3 is 2.71 bits per heavy atom. The molecule has 5 nitrogen and oxygen atoms in total. The summed E-state index contributed by atoms with van der Waals surface area (Å²) in [5.74, 6) is 0. The van der Waals surface area contributed by atoms with Crippen molar-refractivity contribution in [3.8, 4) is 0 Å².